The zero-order chi connectivity index (χ0) is 11.5. The summed E-state index contributed by atoms with van der Waals surface area (Å²) >= 11 is 0. The van der Waals surface area contributed by atoms with Gasteiger partial charge in [-0.2, -0.15) is 0 Å². The molecule has 3 N–H and O–H groups in total. The van der Waals surface area contributed by atoms with Gasteiger partial charge in [-0.05, 0) is 6.42 Å². The van der Waals surface area contributed by atoms with E-state index < -0.39 is 0 Å². The summed E-state index contributed by atoms with van der Waals surface area (Å²) in [6.07, 6.45) is 1.95. The summed E-state index contributed by atoms with van der Waals surface area (Å²) in [6.45, 7) is 2.14. The van der Waals surface area contributed by atoms with Crippen LogP contribution in [0.5, 0.6) is 5.88 Å². The average Bonchev–Trinajstić information content (AvgIpc) is 2.67. The van der Waals surface area contributed by atoms with Crippen molar-refractivity contribution in [3.63, 3.8) is 0 Å². The molecule has 6 nitrogen and oxygen atoms in total. The van der Waals surface area contributed by atoms with E-state index in [-0.39, 0.29) is 6.10 Å². The third-order valence-electron chi connectivity index (χ3n) is 2.76. The second-order valence-electron chi connectivity index (χ2n) is 3.92. The summed E-state index contributed by atoms with van der Waals surface area (Å²) in [5.41, 5.74) is 6.58. The molecule has 0 aromatic carbocycles. The van der Waals surface area contributed by atoms with E-state index in [0.29, 0.717) is 24.8 Å². The standard InChI is InChI=1S/C10H16N4O2/c1-16-10-8(9(11)12-6-13-10)5-14-3-2-7(15)4-14/h6-7,15H,2-5H2,1H3,(H2,11,12,13)/t7-/m1/s1. The molecule has 0 aliphatic carbocycles. The Hall–Kier alpha value is -1.40. The highest BCUT2D eigenvalue weighted by molar-refractivity contribution is 5.44. The zero-order valence-corrected chi connectivity index (χ0v) is 9.26. The molecule has 1 aromatic heterocycles. The van der Waals surface area contributed by atoms with Crippen LogP contribution < -0.4 is 10.5 Å². The second-order valence-corrected chi connectivity index (χ2v) is 3.92. The lowest BCUT2D eigenvalue weighted by atomic mass is 10.2. The first kappa shape index (κ1) is 11.1. The van der Waals surface area contributed by atoms with Crippen molar-refractivity contribution in [3.8, 4) is 5.88 Å². The highest BCUT2D eigenvalue weighted by Crippen LogP contribution is 2.23. The maximum Gasteiger partial charge on any atom is 0.222 e. The van der Waals surface area contributed by atoms with E-state index >= 15 is 0 Å². The lowest BCUT2D eigenvalue weighted by Crippen LogP contribution is -2.23. The van der Waals surface area contributed by atoms with Gasteiger partial charge in [-0.3, -0.25) is 4.90 Å². The van der Waals surface area contributed by atoms with E-state index in [1.54, 1.807) is 7.11 Å². The Labute approximate surface area is 94.1 Å². The Balaban J connectivity index is 2.14. The summed E-state index contributed by atoms with van der Waals surface area (Å²) in [5, 5.41) is 9.44. The third-order valence-corrected chi connectivity index (χ3v) is 2.76. The summed E-state index contributed by atoms with van der Waals surface area (Å²) in [4.78, 5) is 10.1. The molecule has 88 valence electrons. The summed E-state index contributed by atoms with van der Waals surface area (Å²) < 4.78 is 5.14. The average molecular weight is 224 g/mol. The van der Waals surface area contributed by atoms with Crippen LogP contribution in [0.2, 0.25) is 0 Å². The van der Waals surface area contributed by atoms with Gasteiger partial charge in [-0.25, -0.2) is 9.97 Å². The first-order valence-corrected chi connectivity index (χ1v) is 5.24. The molecule has 0 radical (unpaired) electrons. The van der Waals surface area contributed by atoms with E-state index in [1.165, 1.54) is 6.33 Å². The number of ether oxygens (including phenoxy) is 1. The van der Waals surface area contributed by atoms with Crippen LogP contribution in [0.25, 0.3) is 0 Å². The van der Waals surface area contributed by atoms with Gasteiger partial charge in [0, 0.05) is 19.6 Å². The Morgan fingerprint density at radius 3 is 3.06 bits per heavy atom. The lowest BCUT2D eigenvalue weighted by molar-refractivity contribution is 0.174. The number of methoxy groups -OCH3 is 1. The molecule has 1 saturated heterocycles. The molecule has 0 bridgehead atoms. The number of nitrogens with two attached hydrogens (primary N) is 1. The third kappa shape index (κ3) is 2.23. The maximum absolute atomic E-state index is 9.44. The van der Waals surface area contributed by atoms with Gasteiger partial charge in [-0.15, -0.1) is 0 Å². The number of nitrogens with zero attached hydrogens (tertiary/aromatic N) is 3. The van der Waals surface area contributed by atoms with E-state index in [0.717, 1.165) is 18.5 Å². The molecule has 16 heavy (non-hydrogen) atoms. The number of nitrogen functional groups attached to an aromatic ring is 1. The normalized spacial score (nSPS) is 21.2. The van der Waals surface area contributed by atoms with Gasteiger partial charge in [0.25, 0.3) is 0 Å². The zero-order valence-electron chi connectivity index (χ0n) is 9.26. The van der Waals surface area contributed by atoms with Gasteiger partial charge in [0.2, 0.25) is 5.88 Å². The van der Waals surface area contributed by atoms with Crippen LogP contribution in [-0.4, -0.2) is 46.3 Å². The fourth-order valence-corrected chi connectivity index (χ4v) is 1.91. The maximum atomic E-state index is 9.44. The number of rotatable bonds is 3. The molecule has 1 fully saturated rings. The van der Waals surface area contributed by atoms with Crippen LogP contribution in [0, 0.1) is 0 Å². The van der Waals surface area contributed by atoms with Gasteiger partial charge in [0.1, 0.15) is 12.1 Å². The Morgan fingerprint density at radius 2 is 2.44 bits per heavy atom. The number of hydrogen-bond donors (Lipinski definition) is 2. The number of hydrogen-bond acceptors (Lipinski definition) is 6. The van der Waals surface area contributed by atoms with E-state index in [9.17, 15) is 5.11 Å². The molecule has 0 spiro atoms. The van der Waals surface area contributed by atoms with Crippen LogP contribution in [-0.2, 0) is 6.54 Å². The monoisotopic (exact) mass is 224 g/mol. The molecule has 2 rings (SSSR count). The minimum atomic E-state index is -0.239. The topological polar surface area (TPSA) is 84.5 Å². The molecular weight excluding hydrogens is 208 g/mol. The molecule has 6 heteroatoms. The van der Waals surface area contributed by atoms with E-state index in [1.807, 2.05) is 0 Å². The van der Waals surface area contributed by atoms with Gasteiger partial charge < -0.3 is 15.6 Å². The van der Waals surface area contributed by atoms with Crippen molar-refractivity contribution >= 4 is 5.82 Å². The molecule has 0 amide bonds. The molecule has 0 saturated carbocycles. The second kappa shape index (κ2) is 4.63. The van der Waals surface area contributed by atoms with Gasteiger partial charge in [0.05, 0.1) is 18.8 Å². The Bertz CT molecular complexity index is 372. The molecule has 1 aliphatic rings. The number of aliphatic hydroxyl groups excluding tert-OH is 1. The SMILES string of the molecule is COc1ncnc(N)c1CN1CC[C@@H](O)C1. The first-order chi connectivity index (χ1) is 7.70. The van der Waals surface area contributed by atoms with Crippen molar-refractivity contribution in [1.82, 2.24) is 14.9 Å². The van der Waals surface area contributed by atoms with Crippen LogP contribution in [0.1, 0.15) is 12.0 Å². The smallest absolute Gasteiger partial charge is 0.222 e. The predicted octanol–water partition coefficient (Wildman–Crippen LogP) is -0.366. The van der Waals surface area contributed by atoms with Crippen molar-refractivity contribution in [2.45, 2.75) is 19.1 Å². The molecule has 2 heterocycles. The van der Waals surface area contributed by atoms with Crippen LogP contribution >= 0.6 is 0 Å². The van der Waals surface area contributed by atoms with Crippen molar-refractivity contribution in [1.29, 1.82) is 0 Å². The Morgan fingerprint density at radius 1 is 1.62 bits per heavy atom. The van der Waals surface area contributed by atoms with Crippen molar-refractivity contribution in [2.24, 2.45) is 0 Å². The molecule has 1 atom stereocenters. The fourth-order valence-electron chi connectivity index (χ4n) is 1.91. The Kier molecular flexibility index (Phi) is 3.21. The van der Waals surface area contributed by atoms with E-state index in [4.69, 9.17) is 10.5 Å². The molecule has 1 aliphatic heterocycles. The van der Waals surface area contributed by atoms with E-state index in [2.05, 4.69) is 14.9 Å². The quantitative estimate of drug-likeness (QED) is 0.729. The summed E-state index contributed by atoms with van der Waals surface area (Å²) in [5.74, 6) is 0.946. The highest BCUT2D eigenvalue weighted by atomic mass is 16.5. The highest BCUT2D eigenvalue weighted by Gasteiger charge is 2.22. The van der Waals surface area contributed by atoms with Crippen molar-refractivity contribution in [3.05, 3.63) is 11.9 Å². The minimum Gasteiger partial charge on any atom is -0.481 e. The fraction of sp³-hybridized carbons (Fsp3) is 0.600. The van der Waals surface area contributed by atoms with Crippen molar-refractivity contribution < 1.29 is 9.84 Å². The van der Waals surface area contributed by atoms with Crippen molar-refractivity contribution in [2.75, 3.05) is 25.9 Å². The summed E-state index contributed by atoms with van der Waals surface area (Å²) in [7, 11) is 1.56. The number of anilines is 1. The number of likely N-dealkylation sites (tertiary alicyclic amines) is 1. The van der Waals surface area contributed by atoms with Crippen LogP contribution in [0.3, 0.4) is 0 Å². The molecular formula is C10H16N4O2. The van der Waals surface area contributed by atoms with Gasteiger partial charge in [0.15, 0.2) is 0 Å². The largest absolute Gasteiger partial charge is 0.481 e. The van der Waals surface area contributed by atoms with Gasteiger partial charge >= 0.3 is 0 Å². The first-order valence-electron chi connectivity index (χ1n) is 5.24. The van der Waals surface area contributed by atoms with Gasteiger partial charge in [-0.1, -0.05) is 0 Å². The van der Waals surface area contributed by atoms with Crippen LogP contribution in [0.15, 0.2) is 6.33 Å². The summed E-state index contributed by atoms with van der Waals surface area (Å²) in [6, 6.07) is 0. The number of aliphatic hydroxyl groups is 1. The minimum absolute atomic E-state index is 0.239. The number of β-amino-alcohol motifs (C(OH)–C–C–N with tert-alkyl or cyclic N) is 1. The van der Waals surface area contributed by atoms with Crippen LogP contribution in [0.4, 0.5) is 5.82 Å². The lowest BCUT2D eigenvalue weighted by Gasteiger charge is -2.17. The molecule has 0 unspecified atom stereocenters. The predicted molar refractivity (Wildman–Crippen MR) is 58.9 cm³/mol. The molecule has 1 aromatic rings. The number of aromatic nitrogens is 2.